The summed E-state index contributed by atoms with van der Waals surface area (Å²) in [5.41, 5.74) is 1.77. The number of carbonyl (C=O) groups excluding carboxylic acids is 3. The van der Waals surface area contributed by atoms with E-state index in [1.165, 1.54) is 20.8 Å². The van der Waals surface area contributed by atoms with Crippen LogP contribution >= 0.6 is 0 Å². The molecule has 2 rings (SSSR count). The van der Waals surface area contributed by atoms with Gasteiger partial charge in [-0.1, -0.05) is 19.9 Å². The Hall–Kier alpha value is -2.39. The lowest BCUT2D eigenvalue weighted by atomic mass is 10.0. The van der Waals surface area contributed by atoms with Gasteiger partial charge in [0.15, 0.2) is 0 Å². The van der Waals surface area contributed by atoms with Gasteiger partial charge in [0.2, 0.25) is 5.79 Å². The van der Waals surface area contributed by atoms with Gasteiger partial charge in [-0.15, -0.1) is 0 Å². The van der Waals surface area contributed by atoms with Crippen molar-refractivity contribution in [2.75, 3.05) is 0 Å². The molecule has 160 valence electrons. The first-order chi connectivity index (χ1) is 13.4. The van der Waals surface area contributed by atoms with Crippen molar-refractivity contribution in [3.63, 3.8) is 0 Å². The zero-order valence-corrected chi connectivity index (χ0v) is 18.7. The predicted molar refractivity (Wildman–Crippen MR) is 105 cm³/mol. The summed E-state index contributed by atoms with van der Waals surface area (Å²) in [7, 11) is -3.85. The highest BCUT2D eigenvalue weighted by molar-refractivity contribution is 6.65. The summed E-state index contributed by atoms with van der Waals surface area (Å²) >= 11 is 0. The summed E-state index contributed by atoms with van der Waals surface area (Å²) in [5.74, 6) is -1.80. The van der Waals surface area contributed by atoms with Crippen molar-refractivity contribution in [1.29, 1.82) is 0 Å². The van der Waals surface area contributed by atoms with Crippen LogP contribution in [0.25, 0.3) is 0 Å². The van der Waals surface area contributed by atoms with Crippen molar-refractivity contribution in [3.05, 3.63) is 29.3 Å². The van der Waals surface area contributed by atoms with Crippen LogP contribution in [0.2, 0.25) is 6.04 Å². The first-order valence-electron chi connectivity index (χ1n) is 9.48. The number of hydrogen-bond donors (Lipinski definition) is 0. The molecule has 1 aromatic carbocycles. The fraction of sp³-hybridized carbons (Fsp3) is 0.550. The minimum absolute atomic E-state index is 0.0793. The monoisotopic (exact) mass is 424 g/mol. The Morgan fingerprint density at radius 3 is 2.10 bits per heavy atom. The zero-order valence-electron chi connectivity index (χ0n) is 17.7. The molecule has 9 heteroatoms. The van der Waals surface area contributed by atoms with Crippen LogP contribution in [0.3, 0.4) is 0 Å². The van der Waals surface area contributed by atoms with E-state index in [4.69, 9.17) is 22.8 Å². The normalized spacial score (nSPS) is 18.4. The third-order valence-corrected chi connectivity index (χ3v) is 7.28. The number of fused-ring (bicyclic) bond motifs is 1. The maximum Gasteiger partial charge on any atom is 0.705 e. The number of ether oxygens (including phenoxy) is 2. The van der Waals surface area contributed by atoms with Crippen molar-refractivity contribution in [2.24, 2.45) is 5.92 Å². The van der Waals surface area contributed by atoms with E-state index in [2.05, 4.69) is 0 Å². The molecular weight excluding hydrogens is 396 g/mol. The first-order valence-corrected chi connectivity index (χ1v) is 11.4. The highest BCUT2D eigenvalue weighted by Crippen LogP contribution is 2.36. The number of rotatable bonds is 7. The highest BCUT2D eigenvalue weighted by atomic mass is 28.4. The molecule has 1 aliphatic rings. The maximum absolute atomic E-state index is 11.5. The Labute approximate surface area is 171 Å². The molecule has 0 fully saturated rings. The Morgan fingerprint density at radius 1 is 1.07 bits per heavy atom. The SMILES string of the molecule is CC(=O)O[Si](CCc1ccc2c(c1)COC(C)(C(C)C)O2)(OC(C)=O)OC(C)=O. The fourth-order valence-electron chi connectivity index (χ4n) is 2.92. The molecule has 29 heavy (non-hydrogen) atoms. The molecule has 0 bridgehead atoms. The van der Waals surface area contributed by atoms with Crippen LogP contribution in [0.1, 0.15) is 52.7 Å². The summed E-state index contributed by atoms with van der Waals surface area (Å²) in [6, 6.07) is 5.74. The Bertz CT molecular complexity index is 750. The van der Waals surface area contributed by atoms with Crippen LogP contribution in [-0.4, -0.2) is 32.5 Å². The fourth-order valence-corrected chi connectivity index (χ4v) is 5.26. The van der Waals surface area contributed by atoms with E-state index in [0.717, 1.165) is 16.9 Å². The van der Waals surface area contributed by atoms with Gasteiger partial charge in [-0.05, 0) is 24.1 Å². The molecule has 0 saturated carbocycles. The van der Waals surface area contributed by atoms with Gasteiger partial charge in [0, 0.05) is 39.2 Å². The number of aryl methyl sites for hydroxylation is 1. The van der Waals surface area contributed by atoms with E-state index in [-0.39, 0.29) is 12.0 Å². The van der Waals surface area contributed by atoms with Gasteiger partial charge in [0.25, 0.3) is 17.9 Å². The molecular formula is C20H28O8Si. The molecule has 0 amide bonds. The lowest BCUT2D eigenvalue weighted by Gasteiger charge is -2.38. The van der Waals surface area contributed by atoms with Crippen LogP contribution in [0.5, 0.6) is 5.75 Å². The average molecular weight is 425 g/mol. The molecule has 0 aliphatic carbocycles. The van der Waals surface area contributed by atoms with Crippen molar-refractivity contribution < 1.29 is 37.1 Å². The third kappa shape index (κ3) is 6.04. The van der Waals surface area contributed by atoms with Gasteiger partial charge in [0.1, 0.15) is 5.75 Å². The highest BCUT2D eigenvalue weighted by Gasteiger charge is 2.51. The molecule has 1 unspecified atom stereocenters. The molecule has 1 atom stereocenters. The van der Waals surface area contributed by atoms with Crippen molar-refractivity contribution in [2.45, 2.75) is 66.4 Å². The summed E-state index contributed by atoms with van der Waals surface area (Å²) in [6.45, 7) is 9.89. The maximum atomic E-state index is 11.5. The van der Waals surface area contributed by atoms with Gasteiger partial charge in [-0.2, -0.15) is 0 Å². The van der Waals surface area contributed by atoms with Crippen LogP contribution in [0.15, 0.2) is 18.2 Å². The largest absolute Gasteiger partial charge is 0.705 e. The van der Waals surface area contributed by atoms with Gasteiger partial charge >= 0.3 is 8.80 Å². The minimum Gasteiger partial charge on any atom is -0.462 e. The average Bonchev–Trinajstić information content (AvgIpc) is 2.58. The van der Waals surface area contributed by atoms with Crippen LogP contribution in [-0.2, 0) is 45.4 Å². The van der Waals surface area contributed by atoms with Crippen LogP contribution in [0, 0.1) is 5.92 Å². The molecule has 0 N–H and O–H groups in total. The van der Waals surface area contributed by atoms with E-state index in [0.29, 0.717) is 13.0 Å². The molecule has 0 saturated heterocycles. The van der Waals surface area contributed by atoms with Crippen molar-refractivity contribution in [3.8, 4) is 5.75 Å². The summed E-state index contributed by atoms with van der Waals surface area (Å²) in [5, 5.41) is 0. The summed E-state index contributed by atoms with van der Waals surface area (Å²) < 4.78 is 27.5. The zero-order chi connectivity index (χ0) is 21.8. The van der Waals surface area contributed by atoms with Crippen molar-refractivity contribution >= 4 is 26.7 Å². The lowest BCUT2D eigenvalue weighted by Crippen LogP contribution is -2.49. The van der Waals surface area contributed by atoms with E-state index in [1.807, 2.05) is 39.0 Å². The van der Waals surface area contributed by atoms with Crippen LogP contribution in [0.4, 0.5) is 0 Å². The Morgan fingerprint density at radius 2 is 1.62 bits per heavy atom. The third-order valence-electron chi connectivity index (χ3n) is 4.62. The molecule has 8 nitrogen and oxygen atoms in total. The minimum atomic E-state index is -3.85. The molecule has 1 aromatic rings. The van der Waals surface area contributed by atoms with Crippen LogP contribution < -0.4 is 4.74 Å². The molecule has 1 aliphatic heterocycles. The standard InChI is InChI=1S/C20H28O8Si/c1-13(2)20(6)24-12-18-11-17(7-8-19(18)25-20)9-10-29(26-14(3)21,27-15(4)22)28-16(5)23/h7-8,11,13H,9-10,12H2,1-6H3. The number of hydrogen-bond acceptors (Lipinski definition) is 8. The van der Waals surface area contributed by atoms with Crippen molar-refractivity contribution in [1.82, 2.24) is 0 Å². The molecule has 0 spiro atoms. The van der Waals surface area contributed by atoms with E-state index < -0.39 is 32.5 Å². The number of carbonyl (C=O) groups is 3. The molecule has 1 heterocycles. The Balaban J connectivity index is 2.20. The second kappa shape index (κ2) is 8.96. The van der Waals surface area contributed by atoms with Gasteiger partial charge in [0.05, 0.1) is 12.7 Å². The second-order valence-corrected chi connectivity index (χ2v) is 9.95. The van der Waals surface area contributed by atoms with Gasteiger partial charge in [-0.25, -0.2) is 0 Å². The molecule has 0 radical (unpaired) electrons. The number of benzene rings is 1. The van der Waals surface area contributed by atoms with Gasteiger partial charge < -0.3 is 22.8 Å². The van der Waals surface area contributed by atoms with E-state index in [1.54, 1.807) is 0 Å². The van der Waals surface area contributed by atoms with E-state index >= 15 is 0 Å². The topological polar surface area (TPSA) is 97.4 Å². The quantitative estimate of drug-likeness (QED) is 0.616. The van der Waals surface area contributed by atoms with E-state index in [9.17, 15) is 14.4 Å². The molecule has 0 aromatic heterocycles. The lowest BCUT2D eigenvalue weighted by molar-refractivity contribution is -0.219. The second-order valence-electron chi connectivity index (χ2n) is 7.47. The summed E-state index contributed by atoms with van der Waals surface area (Å²) in [4.78, 5) is 34.6. The summed E-state index contributed by atoms with van der Waals surface area (Å²) in [6.07, 6.45) is 0.370. The Kier molecular flexibility index (Phi) is 7.07. The smallest absolute Gasteiger partial charge is 0.462 e. The predicted octanol–water partition coefficient (Wildman–Crippen LogP) is 3.14. The van der Waals surface area contributed by atoms with Gasteiger partial charge in [-0.3, -0.25) is 14.4 Å². The first kappa shape index (κ1) is 22.9.